The molecule has 0 amide bonds. The van der Waals surface area contributed by atoms with Crippen molar-refractivity contribution in [3.63, 3.8) is 0 Å². The van der Waals surface area contributed by atoms with Gasteiger partial charge in [-0.25, -0.2) is 0 Å². The second-order valence-corrected chi connectivity index (χ2v) is 11.9. The lowest BCUT2D eigenvalue weighted by Crippen LogP contribution is -2.47. The summed E-state index contributed by atoms with van der Waals surface area (Å²) in [6.07, 6.45) is 12.3. The van der Waals surface area contributed by atoms with Crippen LogP contribution in [-0.4, -0.2) is 62.9 Å². The van der Waals surface area contributed by atoms with Crippen LogP contribution >= 0.6 is 12.4 Å². The zero-order chi connectivity index (χ0) is 21.7. The molecule has 184 valence electrons. The fourth-order valence-electron chi connectivity index (χ4n) is 6.80. The average Bonchev–Trinajstić information content (AvgIpc) is 3.73. The predicted molar refractivity (Wildman–Crippen MR) is 140 cm³/mol. The maximum Gasteiger partial charge on any atom is 0.0726 e. The predicted octanol–water partition coefficient (Wildman–Crippen LogP) is 5.69. The molecule has 0 aromatic heterocycles. The average molecular weight is 474 g/mol. The number of hydrogen-bond donors (Lipinski definition) is 0. The molecular formula is C28H44ClN3O. The lowest BCUT2D eigenvalue weighted by molar-refractivity contribution is -0.00522. The van der Waals surface area contributed by atoms with Gasteiger partial charge in [-0.2, -0.15) is 0 Å². The van der Waals surface area contributed by atoms with E-state index in [1.165, 1.54) is 89.8 Å². The van der Waals surface area contributed by atoms with E-state index in [2.05, 4.69) is 46.7 Å². The first-order valence-electron chi connectivity index (χ1n) is 13.6. The molecule has 3 aliphatic carbocycles. The second-order valence-electron chi connectivity index (χ2n) is 11.9. The van der Waals surface area contributed by atoms with Crippen LogP contribution < -0.4 is 9.80 Å². The Morgan fingerprint density at radius 1 is 0.848 bits per heavy atom. The topological polar surface area (TPSA) is 19.0 Å². The van der Waals surface area contributed by atoms with E-state index in [-0.39, 0.29) is 12.4 Å². The molecule has 2 aliphatic heterocycles. The summed E-state index contributed by atoms with van der Waals surface area (Å²) in [5.74, 6) is 1.75. The maximum atomic E-state index is 6.02. The third kappa shape index (κ3) is 5.33. The monoisotopic (exact) mass is 473 g/mol. The Balaban J connectivity index is 0.00000228. The molecule has 2 saturated heterocycles. The van der Waals surface area contributed by atoms with Crippen LogP contribution in [0, 0.1) is 11.3 Å². The SMILES string of the molecule is C[C@@H]1CN(c2ccc(N3CCN(CC4CC4)CC3)c(C3CCC4(CC3)CC4)c2)C[C@H](C)O1.Cl. The van der Waals surface area contributed by atoms with E-state index in [0.717, 1.165) is 30.3 Å². The Kier molecular flexibility index (Phi) is 6.90. The molecule has 2 atom stereocenters. The van der Waals surface area contributed by atoms with Gasteiger partial charge >= 0.3 is 0 Å². The molecule has 6 rings (SSSR count). The van der Waals surface area contributed by atoms with Crippen molar-refractivity contribution in [1.29, 1.82) is 0 Å². The van der Waals surface area contributed by atoms with Crippen LogP contribution in [0.15, 0.2) is 18.2 Å². The van der Waals surface area contributed by atoms with E-state index in [1.54, 1.807) is 11.3 Å². The second kappa shape index (κ2) is 9.59. The number of hydrogen-bond acceptors (Lipinski definition) is 4. The molecule has 0 N–H and O–H groups in total. The molecule has 0 radical (unpaired) electrons. The molecule has 5 fully saturated rings. The Morgan fingerprint density at radius 2 is 1.52 bits per heavy atom. The van der Waals surface area contributed by atoms with Gasteiger partial charge in [0.2, 0.25) is 0 Å². The zero-order valence-corrected chi connectivity index (χ0v) is 21.6. The van der Waals surface area contributed by atoms with Crippen LogP contribution in [-0.2, 0) is 4.74 Å². The van der Waals surface area contributed by atoms with Gasteiger partial charge in [0.1, 0.15) is 0 Å². The number of ether oxygens (including phenoxy) is 1. The minimum atomic E-state index is 0. The van der Waals surface area contributed by atoms with Crippen molar-refractivity contribution in [3.8, 4) is 0 Å². The smallest absolute Gasteiger partial charge is 0.0726 e. The van der Waals surface area contributed by atoms with E-state index >= 15 is 0 Å². The number of rotatable bonds is 5. The van der Waals surface area contributed by atoms with Crippen molar-refractivity contribution in [2.75, 3.05) is 55.6 Å². The molecule has 0 unspecified atom stereocenters. The summed E-state index contributed by atoms with van der Waals surface area (Å²) < 4.78 is 6.02. The molecular weight excluding hydrogens is 430 g/mol. The highest BCUT2D eigenvalue weighted by Crippen LogP contribution is 2.59. The molecule has 1 spiro atoms. The minimum Gasteiger partial charge on any atom is -0.372 e. The van der Waals surface area contributed by atoms with Crippen molar-refractivity contribution >= 4 is 23.8 Å². The fraction of sp³-hybridized carbons (Fsp3) is 0.786. The summed E-state index contributed by atoms with van der Waals surface area (Å²) >= 11 is 0. The molecule has 3 saturated carbocycles. The highest BCUT2D eigenvalue weighted by molar-refractivity contribution is 5.85. The van der Waals surface area contributed by atoms with Crippen molar-refractivity contribution in [3.05, 3.63) is 23.8 Å². The Hall–Kier alpha value is -0.970. The van der Waals surface area contributed by atoms with E-state index in [0.29, 0.717) is 12.2 Å². The Bertz CT molecular complexity index is 795. The zero-order valence-electron chi connectivity index (χ0n) is 20.8. The summed E-state index contributed by atoms with van der Waals surface area (Å²) in [7, 11) is 0. The first-order valence-corrected chi connectivity index (χ1v) is 13.6. The third-order valence-electron chi connectivity index (χ3n) is 9.17. The van der Waals surface area contributed by atoms with E-state index in [9.17, 15) is 0 Å². The van der Waals surface area contributed by atoms with E-state index < -0.39 is 0 Å². The van der Waals surface area contributed by atoms with Gasteiger partial charge in [-0.3, -0.25) is 4.90 Å². The van der Waals surface area contributed by atoms with Gasteiger partial charge in [0, 0.05) is 57.2 Å². The van der Waals surface area contributed by atoms with Crippen LogP contribution in [0.3, 0.4) is 0 Å². The first kappa shape index (κ1) is 23.8. The maximum absolute atomic E-state index is 6.02. The quantitative estimate of drug-likeness (QED) is 0.546. The van der Waals surface area contributed by atoms with Gasteiger partial charge in [-0.05, 0) is 106 Å². The van der Waals surface area contributed by atoms with Crippen LogP contribution in [0.2, 0.25) is 0 Å². The normalized spacial score (nSPS) is 30.4. The minimum absolute atomic E-state index is 0. The molecule has 0 bridgehead atoms. The molecule has 5 aliphatic rings. The van der Waals surface area contributed by atoms with Crippen LogP contribution in [0.25, 0.3) is 0 Å². The van der Waals surface area contributed by atoms with Gasteiger partial charge < -0.3 is 14.5 Å². The lowest BCUT2D eigenvalue weighted by Gasteiger charge is -2.40. The summed E-state index contributed by atoms with van der Waals surface area (Å²) in [6, 6.07) is 7.48. The van der Waals surface area contributed by atoms with Gasteiger partial charge in [0.05, 0.1) is 12.2 Å². The van der Waals surface area contributed by atoms with Gasteiger partial charge in [-0.1, -0.05) is 0 Å². The number of benzene rings is 1. The molecule has 4 nitrogen and oxygen atoms in total. The molecule has 1 aromatic rings. The van der Waals surface area contributed by atoms with Crippen LogP contribution in [0.5, 0.6) is 0 Å². The molecule has 5 heteroatoms. The van der Waals surface area contributed by atoms with E-state index in [4.69, 9.17) is 4.74 Å². The number of anilines is 2. The van der Waals surface area contributed by atoms with Crippen molar-refractivity contribution in [2.45, 2.75) is 83.3 Å². The molecule has 2 heterocycles. The van der Waals surface area contributed by atoms with Crippen molar-refractivity contribution in [2.24, 2.45) is 11.3 Å². The Morgan fingerprint density at radius 3 is 2.12 bits per heavy atom. The highest BCUT2D eigenvalue weighted by atomic mass is 35.5. The summed E-state index contributed by atoms with van der Waals surface area (Å²) in [5, 5.41) is 0. The first-order chi connectivity index (χ1) is 15.6. The van der Waals surface area contributed by atoms with Crippen LogP contribution in [0.1, 0.15) is 76.7 Å². The lowest BCUT2D eigenvalue weighted by atomic mass is 9.76. The summed E-state index contributed by atoms with van der Waals surface area (Å²) in [6.45, 7) is 12.7. The third-order valence-corrected chi connectivity index (χ3v) is 9.17. The van der Waals surface area contributed by atoms with E-state index in [1.807, 2.05) is 0 Å². The van der Waals surface area contributed by atoms with Gasteiger partial charge in [0.25, 0.3) is 0 Å². The highest BCUT2D eigenvalue weighted by Gasteiger charge is 2.45. The Labute approximate surface area is 207 Å². The molecule has 1 aromatic carbocycles. The number of piperazine rings is 1. The van der Waals surface area contributed by atoms with Crippen molar-refractivity contribution in [1.82, 2.24) is 4.90 Å². The number of halogens is 1. The van der Waals surface area contributed by atoms with Crippen molar-refractivity contribution < 1.29 is 4.74 Å². The largest absolute Gasteiger partial charge is 0.372 e. The standard InChI is InChI=1S/C28H43N3O.ClH/c1-21-18-31(19-22(2)32-21)25-5-6-27(30-15-13-29(14-16-30)20-23-3-4-23)26(17-25)24-7-9-28(10-8-24)11-12-28;/h5-6,17,21-24H,3-4,7-16,18-20H2,1-2H3;1H/t21-,22+;. The van der Waals surface area contributed by atoms with Crippen LogP contribution in [0.4, 0.5) is 11.4 Å². The summed E-state index contributed by atoms with van der Waals surface area (Å²) in [5.41, 5.74) is 5.38. The number of morpholine rings is 1. The number of nitrogens with zero attached hydrogens (tertiary/aromatic N) is 3. The molecule has 33 heavy (non-hydrogen) atoms. The van der Waals surface area contributed by atoms with Gasteiger partial charge in [-0.15, -0.1) is 12.4 Å². The summed E-state index contributed by atoms with van der Waals surface area (Å²) in [4.78, 5) is 8.01. The fourth-order valence-corrected chi connectivity index (χ4v) is 6.80. The van der Waals surface area contributed by atoms with Gasteiger partial charge in [0.15, 0.2) is 0 Å².